The number of hydrogen-bond acceptors (Lipinski definition) is 8. The minimum absolute atomic E-state index is 0.0652. The van der Waals surface area contributed by atoms with Crippen LogP contribution in [0.1, 0.15) is 32.9 Å². The highest BCUT2D eigenvalue weighted by Gasteiger charge is 2.15. The number of rotatable bonds is 7. The minimum Gasteiger partial charge on any atom is -0.304 e. The Balaban J connectivity index is 1.48. The molecule has 9 nitrogen and oxygen atoms in total. The van der Waals surface area contributed by atoms with E-state index in [4.69, 9.17) is 5.21 Å². The van der Waals surface area contributed by atoms with Gasteiger partial charge in [0.25, 0.3) is 5.91 Å². The molecule has 0 bridgehead atoms. The van der Waals surface area contributed by atoms with Crippen LogP contribution in [0.2, 0.25) is 0 Å². The molecule has 2 N–H and O–H groups in total. The van der Waals surface area contributed by atoms with Crippen molar-refractivity contribution in [2.45, 2.75) is 13.0 Å². The van der Waals surface area contributed by atoms with Crippen LogP contribution >= 0.6 is 0 Å². The first kappa shape index (κ1) is 27.4. The summed E-state index contributed by atoms with van der Waals surface area (Å²) < 4.78 is 23.4. The molecular formula is C28H31N5O4S. The summed E-state index contributed by atoms with van der Waals surface area (Å²) in [7, 11) is -1.05. The van der Waals surface area contributed by atoms with E-state index in [0.717, 1.165) is 55.1 Å². The topological polar surface area (TPSA) is 116 Å². The quantitative estimate of drug-likeness (QED) is 0.269. The Morgan fingerprint density at radius 1 is 1.00 bits per heavy atom. The maximum atomic E-state index is 11.9. The molecule has 0 saturated carbocycles. The number of hydroxylamine groups is 1. The molecule has 1 aromatic carbocycles. The van der Waals surface area contributed by atoms with Crippen molar-refractivity contribution in [2.75, 3.05) is 45.2 Å². The lowest BCUT2D eigenvalue weighted by molar-refractivity contribution is 0.0706. The van der Waals surface area contributed by atoms with E-state index < -0.39 is 15.7 Å². The van der Waals surface area contributed by atoms with Crippen LogP contribution in [0.15, 0.2) is 54.9 Å². The smallest absolute Gasteiger partial charge is 0.276 e. The van der Waals surface area contributed by atoms with E-state index in [1.807, 2.05) is 36.4 Å². The number of pyridine rings is 2. The van der Waals surface area contributed by atoms with E-state index >= 15 is 0 Å². The fourth-order valence-corrected chi connectivity index (χ4v) is 4.68. The molecule has 1 amide bonds. The van der Waals surface area contributed by atoms with E-state index in [1.165, 1.54) is 12.5 Å². The van der Waals surface area contributed by atoms with Gasteiger partial charge in [0, 0.05) is 80.2 Å². The molecule has 1 aliphatic rings. The summed E-state index contributed by atoms with van der Waals surface area (Å²) in [6, 6.07) is 13.0. The van der Waals surface area contributed by atoms with Gasteiger partial charge in [-0.3, -0.25) is 24.9 Å². The second kappa shape index (κ2) is 12.3. The molecule has 1 fully saturated rings. The van der Waals surface area contributed by atoms with Crippen molar-refractivity contribution < 1.29 is 18.4 Å². The normalized spacial score (nSPS) is 14.5. The van der Waals surface area contributed by atoms with Crippen molar-refractivity contribution in [3.8, 4) is 23.0 Å². The number of aromatic nitrogens is 2. The lowest BCUT2D eigenvalue weighted by Crippen LogP contribution is -2.43. The second-order valence-corrected chi connectivity index (χ2v) is 11.7. The maximum Gasteiger partial charge on any atom is 0.276 e. The number of carbonyl (C=O) groups excluding carboxylic acids is 1. The Morgan fingerprint density at radius 3 is 2.32 bits per heavy atom. The Hall–Kier alpha value is -3.62. The molecule has 38 heavy (non-hydrogen) atoms. The predicted octanol–water partition coefficient (Wildman–Crippen LogP) is 2.00. The van der Waals surface area contributed by atoms with Crippen LogP contribution in [0, 0.1) is 11.8 Å². The largest absolute Gasteiger partial charge is 0.304 e. The average molecular weight is 534 g/mol. The van der Waals surface area contributed by atoms with Gasteiger partial charge in [-0.05, 0) is 42.9 Å². The molecule has 3 aromatic rings. The third-order valence-electron chi connectivity index (χ3n) is 6.40. The lowest BCUT2D eigenvalue weighted by Gasteiger charge is -2.32. The highest BCUT2D eigenvalue weighted by Crippen LogP contribution is 2.25. The molecular weight excluding hydrogens is 502 g/mol. The number of aryl methyl sites for hydroxylation is 1. The highest BCUT2D eigenvalue weighted by atomic mass is 32.2. The first-order valence-electron chi connectivity index (χ1n) is 12.3. The SMILES string of the molecule is CN1CCN(Cc2ccc(C#Cc3ccc(-c4cc(C(=O)NO)cnc4CCS(C)(=O)=O)cc3)cn2)CC1. The number of sulfone groups is 1. The zero-order chi connectivity index (χ0) is 27.1. The van der Waals surface area contributed by atoms with Crippen molar-refractivity contribution >= 4 is 15.7 Å². The van der Waals surface area contributed by atoms with Crippen molar-refractivity contribution in [1.82, 2.24) is 25.2 Å². The van der Waals surface area contributed by atoms with Gasteiger partial charge in [0.1, 0.15) is 9.84 Å². The Bertz CT molecular complexity index is 1440. The van der Waals surface area contributed by atoms with Gasteiger partial charge < -0.3 is 4.90 Å². The highest BCUT2D eigenvalue weighted by molar-refractivity contribution is 7.90. The number of nitrogens with one attached hydrogen (secondary N) is 1. The van der Waals surface area contributed by atoms with E-state index in [9.17, 15) is 13.2 Å². The summed E-state index contributed by atoms with van der Waals surface area (Å²) in [5.74, 6) is 5.53. The van der Waals surface area contributed by atoms with Crippen LogP contribution in [0.25, 0.3) is 11.1 Å². The third kappa shape index (κ3) is 7.69. The molecule has 0 aliphatic carbocycles. The molecule has 2 aromatic heterocycles. The second-order valence-electron chi connectivity index (χ2n) is 9.48. The zero-order valence-electron chi connectivity index (χ0n) is 21.5. The standard InChI is InChI=1S/C28H31N5O4S/c1-32-12-14-33(15-13-32)20-25-10-7-22(18-29-25)4-3-21-5-8-23(9-6-21)26-17-24(28(34)31-35)19-30-27(26)11-16-38(2,36)37/h5-10,17-19,35H,11-16,20H2,1-2H3,(H,31,34). The van der Waals surface area contributed by atoms with Gasteiger partial charge in [-0.25, -0.2) is 13.9 Å². The molecule has 4 rings (SSSR count). The van der Waals surface area contributed by atoms with Gasteiger partial charge in [-0.2, -0.15) is 0 Å². The van der Waals surface area contributed by atoms with Gasteiger partial charge in [-0.15, -0.1) is 0 Å². The molecule has 0 radical (unpaired) electrons. The van der Waals surface area contributed by atoms with Crippen LogP contribution in [0.4, 0.5) is 0 Å². The molecule has 1 aliphatic heterocycles. The maximum absolute atomic E-state index is 11.9. The Morgan fingerprint density at radius 2 is 1.68 bits per heavy atom. The van der Waals surface area contributed by atoms with Crippen molar-refractivity contribution in [3.63, 3.8) is 0 Å². The first-order chi connectivity index (χ1) is 18.2. The van der Waals surface area contributed by atoms with E-state index in [1.54, 1.807) is 17.7 Å². The number of likely N-dealkylation sites (N-methyl/N-ethyl adjacent to an activating group) is 1. The zero-order valence-corrected chi connectivity index (χ0v) is 22.3. The van der Waals surface area contributed by atoms with Crippen molar-refractivity contribution in [3.05, 3.63) is 82.9 Å². The number of benzene rings is 1. The number of amides is 1. The van der Waals surface area contributed by atoms with Gasteiger partial charge in [-0.1, -0.05) is 24.0 Å². The first-order valence-corrected chi connectivity index (χ1v) is 14.4. The predicted molar refractivity (Wildman–Crippen MR) is 145 cm³/mol. The minimum atomic E-state index is -3.19. The number of piperazine rings is 1. The van der Waals surface area contributed by atoms with Gasteiger partial charge in [0.2, 0.25) is 0 Å². The van der Waals surface area contributed by atoms with Gasteiger partial charge >= 0.3 is 0 Å². The molecule has 1 saturated heterocycles. The van der Waals surface area contributed by atoms with Crippen molar-refractivity contribution in [1.29, 1.82) is 0 Å². The van der Waals surface area contributed by atoms with Crippen LogP contribution < -0.4 is 5.48 Å². The third-order valence-corrected chi connectivity index (χ3v) is 7.34. The van der Waals surface area contributed by atoms with Gasteiger partial charge in [0.05, 0.1) is 17.0 Å². The lowest BCUT2D eigenvalue weighted by atomic mass is 9.99. The van der Waals surface area contributed by atoms with Crippen LogP contribution in [0.3, 0.4) is 0 Å². The number of hydrogen-bond donors (Lipinski definition) is 2. The summed E-state index contributed by atoms with van der Waals surface area (Å²) in [5, 5.41) is 8.99. The van der Waals surface area contributed by atoms with Gasteiger partial charge in [0.15, 0.2) is 0 Å². The number of nitrogens with zero attached hydrogens (tertiary/aromatic N) is 4. The monoisotopic (exact) mass is 533 g/mol. The number of carbonyl (C=O) groups is 1. The Kier molecular flexibility index (Phi) is 8.86. The van der Waals surface area contributed by atoms with Crippen LogP contribution in [0.5, 0.6) is 0 Å². The molecule has 3 heterocycles. The molecule has 0 atom stereocenters. The molecule has 0 spiro atoms. The molecule has 0 unspecified atom stereocenters. The average Bonchev–Trinajstić information content (AvgIpc) is 2.92. The summed E-state index contributed by atoms with van der Waals surface area (Å²) in [6.07, 6.45) is 4.49. The fourth-order valence-electron chi connectivity index (χ4n) is 4.12. The van der Waals surface area contributed by atoms with E-state index in [2.05, 4.69) is 38.7 Å². The molecule has 10 heteroatoms. The van der Waals surface area contributed by atoms with Crippen molar-refractivity contribution in [2.24, 2.45) is 0 Å². The Labute approximate surface area is 223 Å². The fraction of sp³-hybridized carbons (Fsp3) is 0.321. The van der Waals surface area contributed by atoms with E-state index in [-0.39, 0.29) is 17.7 Å². The van der Waals surface area contributed by atoms with E-state index in [0.29, 0.717) is 11.3 Å². The summed E-state index contributed by atoms with van der Waals surface area (Å²) in [6.45, 7) is 5.08. The summed E-state index contributed by atoms with van der Waals surface area (Å²) >= 11 is 0. The summed E-state index contributed by atoms with van der Waals surface area (Å²) in [4.78, 5) is 25.5. The van der Waals surface area contributed by atoms with Crippen LogP contribution in [-0.4, -0.2) is 84.5 Å². The molecule has 198 valence electrons. The summed E-state index contributed by atoms with van der Waals surface area (Å²) in [5.41, 5.74) is 6.34. The van der Waals surface area contributed by atoms with Crippen LogP contribution in [-0.2, 0) is 22.8 Å².